The molecule has 1 aliphatic heterocycles. The Morgan fingerprint density at radius 2 is 2.00 bits per heavy atom. The van der Waals surface area contributed by atoms with E-state index >= 15 is 0 Å². The molecule has 3 rings (SSSR count). The van der Waals surface area contributed by atoms with E-state index in [1.54, 1.807) is 6.07 Å². The van der Waals surface area contributed by atoms with E-state index in [1.165, 1.54) is 25.3 Å². The second-order valence-corrected chi connectivity index (χ2v) is 5.86. The van der Waals surface area contributed by atoms with Crippen molar-refractivity contribution in [1.29, 1.82) is 0 Å². The van der Waals surface area contributed by atoms with Gasteiger partial charge in [0.25, 0.3) is 0 Å². The van der Waals surface area contributed by atoms with E-state index in [-0.39, 0.29) is 5.82 Å². The van der Waals surface area contributed by atoms with Gasteiger partial charge in [-0.25, -0.2) is 4.39 Å². The van der Waals surface area contributed by atoms with Gasteiger partial charge in [-0.15, -0.1) is 0 Å². The Balaban J connectivity index is 1.80. The molecule has 3 heteroatoms. The summed E-state index contributed by atoms with van der Waals surface area (Å²) >= 11 is 2.10. The highest BCUT2D eigenvalue weighted by Gasteiger charge is 2.47. The van der Waals surface area contributed by atoms with Gasteiger partial charge in [-0.05, 0) is 47.6 Å². The maximum absolute atomic E-state index is 13.4. The molecule has 0 bridgehead atoms. The number of hydrogen-bond acceptors (Lipinski definition) is 1. The Kier molecular flexibility index (Phi) is 2.20. The SMILES string of the molecule is Fc1cccc(N2CC3(CCC3)C2)c1I. The smallest absolute Gasteiger partial charge is 0.138 e. The third-order valence-corrected chi connectivity index (χ3v) is 4.81. The molecular weight excluding hydrogens is 304 g/mol. The fourth-order valence-electron chi connectivity index (χ4n) is 2.66. The lowest BCUT2D eigenvalue weighted by molar-refractivity contribution is 0.0902. The average molecular weight is 317 g/mol. The van der Waals surface area contributed by atoms with Crippen LogP contribution in [0.4, 0.5) is 10.1 Å². The Bertz CT molecular complexity index is 393. The van der Waals surface area contributed by atoms with Crippen LogP contribution in [-0.2, 0) is 0 Å². The van der Waals surface area contributed by atoms with Crippen LogP contribution in [0, 0.1) is 14.8 Å². The fraction of sp³-hybridized carbons (Fsp3) is 0.500. The van der Waals surface area contributed by atoms with Crippen molar-refractivity contribution in [2.75, 3.05) is 18.0 Å². The number of hydrogen-bond donors (Lipinski definition) is 0. The van der Waals surface area contributed by atoms with Crippen LogP contribution in [0.2, 0.25) is 0 Å². The lowest BCUT2D eigenvalue weighted by Crippen LogP contribution is -2.60. The molecule has 1 heterocycles. The molecule has 80 valence electrons. The summed E-state index contributed by atoms with van der Waals surface area (Å²) in [5.74, 6) is -0.0948. The molecule has 0 radical (unpaired) electrons. The number of anilines is 1. The summed E-state index contributed by atoms with van der Waals surface area (Å²) < 4.78 is 14.1. The molecule has 1 aromatic rings. The molecular formula is C12H13FIN. The summed E-state index contributed by atoms with van der Waals surface area (Å²) in [6.07, 6.45) is 4.12. The van der Waals surface area contributed by atoms with E-state index in [2.05, 4.69) is 27.5 Å². The first-order valence-corrected chi connectivity index (χ1v) is 6.47. The normalized spacial score (nSPS) is 22.4. The van der Waals surface area contributed by atoms with Crippen LogP contribution >= 0.6 is 22.6 Å². The zero-order valence-electron chi connectivity index (χ0n) is 8.47. The topological polar surface area (TPSA) is 3.24 Å². The summed E-state index contributed by atoms with van der Waals surface area (Å²) in [6, 6.07) is 5.36. The van der Waals surface area contributed by atoms with Crippen molar-refractivity contribution in [1.82, 2.24) is 0 Å². The molecule has 0 N–H and O–H groups in total. The molecule has 1 aliphatic carbocycles. The van der Waals surface area contributed by atoms with Crippen LogP contribution in [-0.4, -0.2) is 13.1 Å². The maximum atomic E-state index is 13.4. The van der Waals surface area contributed by atoms with Gasteiger partial charge in [0.1, 0.15) is 5.82 Å². The van der Waals surface area contributed by atoms with E-state index < -0.39 is 0 Å². The van der Waals surface area contributed by atoms with Crippen molar-refractivity contribution in [3.63, 3.8) is 0 Å². The van der Waals surface area contributed by atoms with Crippen molar-refractivity contribution in [2.45, 2.75) is 19.3 Å². The van der Waals surface area contributed by atoms with Crippen molar-refractivity contribution in [3.8, 4) is 0 Å². The van der Waals surface area contributed by atoms with E-state index in [0.717, 1.165) is 22.3 Å². The largest absolute Gasteiger partial charge is 0.369 e. The van der Waals surface area contributed by atoms with Gasteiger partial charge in [0, 0.05) is 18.5 Å². The van der Waals surface area contributed by atoms with Gasteiger partial charge >= 0.3 is 0 Å². The fourth-order valence-corrected chi connectivity index (χ4v) is 3.36. The lowest BCUT2D eigenvalue weighted by Gasteiger charge is -2.57. The predicted octanol–water partition coefficient (Wildman–Crippen LogP) is 3.42. The average Bonchev–Trinajstić information content (AvgIpc) is 2.07. The van der Waals surface area contributed by atoms with Crippen molar-refractivity contribution >= 4 is 28.3 Å². The van der Waals surface area contributed by atoms with E-state index in [9.17, 15) is 4.39 Å². The predicted molar refractivity (Wildman–Crippen MR) is 67.6 cm³/mol. The summed E-state index contributed by atoms with van der Waals surface area (Å²) in [4.78, 5) is 2.31. The highest BCUT2D eigenvalue weighted by molar-refractivity contribution is 14.1. The summed E-state index contributed by atoms with van der Waals surface area (Å²) in [5, 5.41) is 0. The molecule has 1 aromatic carbocycles. The lowest BCUT2D eigenvalue weighted by atomic mass is 9.63. The first-order valence-electron chi connectivity index (χ1n) is 5.39. The second kappa shape index (κ2) is 3.34. The quantitative estimate of drug-likeness (QED) is 0.718. The van der Waals surface area contributed by atoms with Gasteiger partial charge in [0.2, 0.25) is 0 Å². The molecule has 0 unspecified atom stereocenters. The molecule has 0 aromatic heterocycles. The third-order valence-electron chi connectivity index (χ3n) is 3.74. The zero-order valence-corrected chi connectivity index (χ0v) is 10.6. The third kappa shape index (κ3) is 1.47. The van der Waals surface area contributed by atoms with Crippen molar-refractivity contribution in [2.24, 2.45) is 5.41 Å². The Hall–Kier alpha value is -0.320. The van der Waals surface area contributed by atoms with Crippen molar-refractivity contribution in [3.05, 3.63) is 27.6 Å². The monoisotopic (exact) mass is 317 g/mol. The Morgan fingerprint density at radius 3 is 2.60 bits per heavy atom. The molecule has 15 heavy (non-hydrogen) atoms. The molecule has 1 saturated carbocycles. The molecule has 1 saturated heterocycles. The van der Waals surface area contributed by atoms with Crippen LogP contribution in [0.15, 0.2) is 18.2 Å². The Morgan fingerprint density at radius 1 is 1.27 bits per heavy atom. The van der Waals surface area contributed by atoms with E-state index in [4.69, 9.17) is 0 Å². The van der Waals surface area contributed by atoms with Gasteiger partial charge in [0.05, 0.1) is 9.26 Å². The first kappa shape index (κ1) is 9.87. The molecule has 0 atom stereocenters. The van der Waals surface area contributed by atoms with Gasteiger partial charge in [-0.1, -0.05) is 12.5 Å². The van der Waals surface area contributed by atoms with E-state index in [1.807, 2.05) is 6.07 Å². The number of rotatable bonds is 1. The molecule has 2 fully saturated rings. The minimum atomic E-state index is -0.0948. The number of halogens is 2. The molecule has 1 nitrogen and oxygen atoms in total. The van der Waals surface area contributed by atoms with Gasteiger partial charge in [-0.3, -0.25) is 0 Å². The van der Waals surface area contributed by atoms with Gasteiger partial charge in [-0.2, -0.15) is 0 Å². The van der Waals surface area contributed by atoms with Gasteiger partial charge < -0.3 is 4.90 Å². The molecule has 0 amide bonds. The highest BCUT2D eigenvalue weighted by atomic mass is 127. The van der Waals surface area contributed by atoms with Crippen LogP contribution < -0.4 is 4.90 Å². The highest BCUT2D eigenvalue weighted by Crippen LogP contribution is 2.50. The summed E-state index contributed by atoms with van der Waals surface area (Å²) in [5.41, 5.74) is 1.68. The van der Waals surface area contributed by atoms with Crippen LogP contribution in [0.3, 0.4) is 0 Å². The standard InChI is InChI=1S/C12H13FIN/c13-9-3-1-4-10(11(9)14)15-7-12(8-15)5-2-6-12/h1,3-4H,2,5-8H2. The molecule has 2 aliphatic rings. The minimum absolute atomic E-state index is 0.0948. The van der Waals surface area contributed by atoms with E-state index in [0.29, 0.717) is 5.41 Å². The maximum Gasteiger partial charge on any atom is 0.138 e. The van der Waals surface area contributed by atoms with Gasteiger partial charge in [0.15, 0.2) is 0 Å². The summed E-state index contributed by atoms with van der Waals surface area (Å²) in [6.45, 7) is 2.26. The second-order valence-electron chi connectivity index (χ2n) is 4.78. The summed E-state index contributed by atoms with van der Waals surface area (Å²) in [7, 11) is 0. The van der Waals surface area contributed by atoms with Crippen LogP contribution in [0.5, 0.6) is 0 Å². The number of benzene rings is 1. The molecule has 1 spiro atoms. The minimum Gasteiger partial charge on any atom is -0.369 e. The number of nitrogens with zero attached hydrogens (tertiary/aromatic N) is 1. The Labute approximate surface area is 103 Å². The zero-order chi connectivity index (χ0) is 10.5. The van der Waals surface area contributed by atoms with Crippen LogP contribution in [0.1, 0.15) is 19.3 Å². The van der Waals surface area contributed by atoms with Crippen molar-refractivity contribution < 1.29 is 4.39 Å². The van der Waals surface area contributed by atoms with Crippen LogP contribution in [0.25, 0.3) is 0 Å². The first-order chi connectivity index (χ1) is 7.20.